The van der Waals surface area contributed by atoms with Crippen LogP contribution in [0.5, 0.6) is 0 Å². The van der Waals surface area contributed by atoms with Crippen LogP contribution in [-0.2, 0) is 0 Å². The molecular formula is C40H25N3. The van der Waals surface area contributed by atoms with Crippen molar-refractivity contribution < 1.29 is 0 Å². The Morgan fingerprint density at radius 2 is 1.19 bits per heavy atom. The van der Waals surface area contributed by atoms with Crippen molar-refractivity contribution in [2.45, 2.75) is 0 Å². The molecule has 0 aliphatic heterocycles. The lowest BCUT2D eigenvalue weighted by Gasteiger charge is -2.12. The summed E-state index contributed by atoms with van der Waals surface area (Å²) >= 11 is 0. The topological polar surface area (TPSA) is 30.7 Å². The lowest BCUT2D eigenvalue weighted by Crippen LogP contribution is -1.92. The van der Waals surface area contributed by atoms with Crippen LogP contribution in [0.3, 0.4) is 0 Å². The molecule has 0 saturated carbocycles. The fraction of sp³-hybridized carbons (Fsp3) is 0. The van der Waals surface area contributed by atoms with E-state index in [1.165, 1.54) is 65.9 Å². The molecule has 9 aromatic rings. The van der Waals surface area contributed by atoms with Gasteiger partial charge in [-0.3, -0.25) is 9.97 Å². The van der Waals surface area contributed by atoms with E-state index in [1.807, 2.05) is 24.7 Å². The second-order valence-corrected chi connectivity index (χ2v) is 11.0. The van der Waals surface area contributed by atoms with Crippen molar-refractivity contribution in [3.05, 3.63) is 152 Å². The minimum absolute atomic E-state index is 0.994. The third-order valence-corrected chi connectivity index (χ3v) is 8.73. The molecule has 43 heavy (non-hydrogen) atoms. The number of hydrogen-bond donors (Lipinski definition) is 0. The maximum Gasteiger partial charge on any atom is 0.0802 e. The molecule has 0 fully saturated rings. The molecule has 3 aromatic heterocycles. The van der Waals surface area contributed by atoms with E-state index in [-0.39, 0.29) is 0 Å². The highest BCUT2D eigenvalue weighted by atomic mass is 15.0. The first kappa shape index (κ1) is 23.9. The number of hydrogen-bond acceptors (Lipinski definition) is 2. The maximum absolute atomic E-state index is 4.73. The fourth-order valence-electron chi connectivity index (χ4n) is 6.79. The second kappa shape index (κ2) is 9.37. The number of aromatic nitrogens is 3. The molecule has 0 saturated heterocycles. The molecule has 3 nitrogen and oxygen atoms in total. The van der Waals surface area contributed by atoms with Crippen LogP contribution in [0, 0.1) is 0 Å². The lowest BCUT2D eigenvalue weighted by molar-refractivity contribution is 1.18. The standard InChI is InChI=1S/C40H25N3/c1-2-8-29(9-3-1)43-37-13-5-4-10-34(37)39-30(11-6-14-38(39)43)27-17-15-26(16-18-27)28-19-20-31-32-21-23-41-25-36(32)40-33(35(31)24-28)12-7-22-42-40/h1-25H. The zero-order valence-electron chi connectivity index (χ0n) is 23.3. The predicted octanol–water partition coefficient (Wildman–Crippen LogP) is 10.4. The molecule has 3 heteroatoms. The Morgan fingerprint density at radius 3 is 2.09 bits per heavy atom. The maximum atomic E-state index is 4.73. The van der Waals surface area contributed by atoms with Crippen LogP contribution in [0.1, 0.15) is 0 Å². The Labute approximate surface area is 248 Å². The van der Waals surface area contributed by atoms with Gasteiger partial charge in [0.25, 0.3) is 0 Å². The average molecular weight is 548 g/mol. The van der Waals surface area contributed by atoms with E-state index in [0.29, 0.717) is 0 Å². The van der Waals surface area contributed by atoms with Gasteiger partial charge in [0.05, 0.1) is 16.6 Å². The summed E-state index contributed by atoms with van der Waals surface area (Å²) in [4.78, 5) is 9.11. The van der Waals surface area contributed by atoms with Gasteiger partial charge in [-0.25, -0.2) is 0 Å². The van der Waals surface area contributed by atoms with Crippen LogP contribution in [0.4, 0.5) is 0 Å². The molecule has 6 aromatic carbocycles. The van der Waals surface area contributed by atoms with E-state index in [4.69, 9.17) is 4.98 Å². The van der Waals surface area contributed by atoms with Gasteiger partial charge in [0.1, 0.15) is 0 Å². The normalized spacial score (nSPS) is 11.7. The average Bonchev–Trinajstić information content (AvgIpc) is 3.43. The number of pyridine rings is 2. The number of rotatable bonds is 3. The number of nitrogens with zero attached hydrogens (tertiary/aromatic N) is 3. The van der Waals surface area contributed by atoms with Crippen LogP contribution in [0.15, 0.2) is 152 Å². The summed E-state index contributed by atoms with van der Waals surface area (Å²) in [5.41, 5.74) is 9.43. The van der Waals surface area contributed by atoms with Crippen molar-refractivity contribution in [3.63, 3.8) is 0 Å². The van der Waals surface area contributed by atoms with E-state index in [1.54, 1.807) is 0 Å². The largest absolute Gasteiger partial charge is 0.309 e. The summed E-state index contributed by atoms with van der Waals surface area (Å²) < 4.78 is 2.37. The fourth-order valence-corrected chi connectivity index (χ4v) is 6.79. The van der Waals surface area contributed by atoms with E-state index >= 15 is 0 Å². The Kier molecular flexibility index (Phi) is 5.20. The number of fused-ring (bicyclic) bond motifs is 9. The molecule has 0 aliphatic carbocycles. The van der Waals surface area contributed by atoms with Gasteiger partial charge in [-0.2, -0.15) is 0 Å². The highest BCUT2D eigenvalue weighted by Crippen LogP contribution is 2.40. The van der Waals surface area contributed by atoms with Gasteiger partial charge in [0.2, 0.25) is 0 Å². The first-order valence-electron chi connectivity index (χ1n) is 14.6. The van der Waals surface area contributed by atoms with Gasteiger partial charge in [0, 0.05) is 45.8 Å². The van der Waals surface area contributed by atoms with Crippen molar-refractivity contribution in [2.75, 3.05) is 0 Å². The van der Waals surface area contributed by atoms with Gasteiger partial charge >= 0.3 is 0 Å². The van der Waals surface area contributed by atoms with Gasteiger partial charge in [-0.15, -0.1) is 0 Å². The zero-order valence-corrected chi connectivity index (χ0v) is 23.3. The zero-order chi connectivity index (χ0) is 28.3. The molecule has 0 amide bonds. The molecule has 0 N–H and O–H groups in total. The first-order valence-corrected chi connectivity index (χ1v) is 14.6. The molecule has 0 aliphatic rings. The number of benzene rings is 6. The first-order chi connectivity index (χ1) is 21.3. The third kappa shape index (κ3) is 3.62. The molecule has 0 bridgehead atoms. The van der Waals surface area contributed by atoms with E-state index in [9.17, 15) is 0 Å². The van der Waals surface area contributed by atoms with Crippen LogP contribution >= 0.6 is 0 Å². The molecule has 0 spiro atoms. The van der Waals surface area contributed by atoms with Gasteiger partial charge in [0.15, 0.2) is 0 Å². The van der Waals surface area contributed by atoms with Crippen LogP contribution in [-0.4, -0.2) is 14.5 Å². The highest BCUT2D eigenvalue weighted by molar-refractivity contribution is 6.24. The quantitative estimate of drug-likeness (QED) is 0.206. The molecular weight excluding hydrogens is 522 g/mol. The third-order valence-electron chi connectivity index (χ3n) is 8.73. The van der Waals surface area contributed by atoms with Crippen molar-refractivity contribution in [1.82, 2.24) is 14.5 Å². The highest BCUT2D eigenvalue weighted by Gasteiger charge is 2.16. The summed E-state index contributed by atoms with van der Waals surface area (Å²) in [6.45, 7) is 0. The minimum Gasteiger partial charge on any atom is -0.309 e. The van der Waals surface area contributed by atoms with Gasteiger partial charge in [-0.05, 0) is 80.9 Å². The van der Waals surface area contributed by atoms with Crippen molar-refractivity contribution in [2.24, 2.45) is 0 Å². The summed E-state index contributed by atoms with van der Waals surface area (Å²) in [7, 11) is 0. The van der Waals surface area contributed by atoms with Gasteiger partial charge < -0.3 is 4.57 Å². The van der Waals surface area contributed by atoms with E-state index < -0.39 is 0 Å². The number of para-hydroxylation sites is 2. The van der Waals surface area contributed by atoms with E-state index in [2.05, 4.69) is 137 Å². The van der Waals surface area contributed by atoms with Crippen LogP contribution < -0.4 is 0 Å². The Balaban J connectivity index is 1.20. The monoisotopic (exact) mass is 547 g/mol. The smallest absolute Gasteiger partial charge is 0.0802 e. The Morgan fingerprint density at radius 1 is 0.442 bits per heavy atom. The molecule has 0 unspecified atom stereocenters. The summed E-state index contributed by atoms with van der Waals surface area (Å²) in [5.74, 6) is 0. The lowest BCUT2D eigenvalue weighted by atomic mass is 9.93. The minimum atomic E-state index is 0.994. The van der Waals surface area contributed by atoms with Crippen LogP contribution in [0.2, 0.25) is 0 Å². The summed E-state index contributed by atoms with van der Waals surface area (Å²) in [6, 6.07) is 48.0. The molecule has 0 radical (unpaired) electrons. The van der Waals surface area contributed by atoms with Crippen LogP contribution in [0.25, 0.3) is 82.2 Å². The molecule has 0 atom stereocenters. The summed E-state index contributed by atoms with van der Waals surface area (Å²) in [5, 5.41) is 8.39. The Bertz CT molecular complexity index is 2450. The molecule has 3 heterocycles. The Hall–Kier alpha value is -5.80. The van der Waals surface area contributed by atoms with Gasteiger partial charge in [-0.1, -0.05) is 91.0 Å². The van der Waals surface area contributed by atoms with Crippen molar-refractivity contribution >= 4 is 54.3 Å². The molecule has 9 rings (SSSR count). The van der Waals surface area contributed by atoms with Crippen molar-refractivity contribution in [1.29, 1.82) is 0 Å². The van der Waals surface area contributed by atoms with E-state index in [0.717, 1.165) is 16.3 Å². The summed E-state index contributed by atoms with van der Waals surface area (Å²) in [6.07, 6.45) is 5.65. The molecule has 200 valence electrons. The SMILES string of the molecule is c1ccc(-n2c3ccccc3c3c(-c4ccc(-c5ccc6c(c5)c5cccnc5c5cnccc65)cc4)cccc32)cc1. The van der Waals surface area contributed by atoms with Crippen molar-refractivity contribution in [3.8, 4) is 27.9 Å². The second-order valence-electron chi connectivity index (χ2n) is 11.0. The predicted molar refractivity (Wildman–Crippen MR) is 180 cm³/mol.